The molecule has 0 fully saturated rings. The van der Waals surface area contributed by atoms with E-state index in [1.807, 2.05) is 0 Å². The van der Waals surface area contributed by atoms with Gasteiger partial charge in [0.15, 0.2) is 0 Å². The highest BCUT2D eigenvalue weighted by Gasteiger charge is 2.09. The predicted octanol–water partition coefficient (Wildman–Crippen LogP) is 0.753. The first kappa shape index (κ1) is 13.2. The number of anilines is 3. The summed E-state index contributed by atoms with van der Waals surface area (Å²) in [6.45, 7) is 1.67. The lowest BCUT2D eigenvalue weighted by Crippen LogP contribution is -2.05. The van der Waals surface area contributed by atoms with Gasteiger partial charge in [-0.05, 0) is 31.2 Å². The van der Waals surface area contributed by atoms with Gasteiger partial charge in [-0.15, -0.1) is 0 Å². The van der Waals surface area contributed by atoms with Crippen LogP contribution in [-0.2, 0) is 10.1 Å². The van der Waals surface area contributed by atoms with Crippen LogP contribution < -0.4 is 11.1 Å². The van der Waals surface area contributed by atoms with E-state index >= 15 is 0 Å². The monoisotopic (exact) mass is 281 g/mol. The average Bonchev–Trinajstić information content (AvgIpc) is 2.26. The van der Waals surface area contributed by atoms with Crippen LogP contribution in [0, 0.1) is 6.92 Å². The second-order valence-electron chi connectivity index (χ2n) is 3.69. The molecule has 19 heavy (non-hydrogen) atoms. The summed E-state index contributed by atoms with van der Waals surface area (Å²) in [6.07, 6.45) is 0. The lowest BCUT2D eigenvalue weighted by molar-refractivity contribution is 0.483. The van der Waals surface area contributed by atoms with Crippen molar-refractivity contribution in [3.05, 3.63) is 30.1 Å². The first-order chi connectivity index (χ1) is 8.84. The van der Waals surface area contributed by atoms with E-state index in [1.165, 1.54) is 24.3 Å². The molecule has 0 unspecified atom stereocenters. The zero-order valence-electron chi connectivity index (χ0n) is 9.90. The molecule has 0 saturated carbocycles. The highest BCUT2D eigenvalue weighted by molar-refractivity contribution is 7.85. The number of nitrogens with two attached hydrogens (primary N) is 1. The number of hydrogen-bond acceptors (Lipinski definition) is 7. The molecule has 100 valence electrons. The Morgan fingerprint density at radius 2 is 1.79 bits per heavy atom. The van der Waals surface area contributed by atoms with Crippen molar-refractivity contribution < 1.29 is 13.0 Å². The fourth-order valence-electron chi connectivity index (χ4n) is 1.40. The molecule has 0 saturated heterocycles. The Labute approximate surface area is 109 Å². The van der Waals surface area contributed by atoms with Gasteiger partial charge in [0.25, 0.3) is 10.1 Å². The SMILES string of the molecule is Cc1nc(N)nc(Nc2ccc(S(=O)(=O)O)cc2)n1. The standard InChI is InChI=1S/C10H11N5O3S/c1-6-12-9(11)15-10(13-6)14-7-2-4-8(5-3-7)19(16,17)18/h2-5H,1H3,(H,16,17,18)(H3,11,12,13,14,15). The Morgan fingerprint density at radius 1 is 1.16 bits per heavy atom. The van der Waals surface area contributed by atoms with E-state index in [0.29, 0.717) is 11.5 Å². The fraction of sp³-hybridized carbons (Fsp3) is 0.100. The van der Waals surface area contributed by atoms with Gasteiger partial charge in [-0.25, -0.2) is 0 Å². The second kappa shape index (κ2) is 4.78. The summed E-state index contributed by atoms with van der Waals surface area (Å²) in [4.78, 5) is 11.5. The van der Waals surface area contributed by atoms with Gasteiger partial charge in [0.1, 0.15) is 5.82 Å². The summed E-state index contributed by atoms with van der Waals surface area (Å²) < 4.78 is 30.6. The maximum atomic E-state index is 10.9. The summed E-state index contributed by atoms with van der Waals surface area (Å²) in [5.74, 6) is 0.804. The van der Waals surface area contributed by atoms with Crippen molar-refractivity contribution in [1.82, 2.24) is 15.0 Å². The van der Waals surface area contributed by atoms with Crippen LogP contribution in [0.3, 0.4) is 0 Å². The molecule has 1 heterocycles. The van der Waals surface area contributed by atoms with Crippen LogP contribution in [0.2, 0.25) is 0 Å². The summed E-state index contributed by atoms with van der Waals surface area (Å²) in [6, 6.07) is 5.46. The van der Waals surface area contributed by atoms with Crippen molar-refractivity contribution in [3.8, 4) is 0 Å². The molecule has 4 N–H and O–H groups in total. The fourth-order valence-corrected chi connectivity index (χ4v) is 1.88. The van der Waals surface area contributed by atoms with Crippen LogP contribution in [0.25, 0.3) is 0 Å². The summed E-state index contributed by atoms with van der Waals surface area (Å²) in [5, 5.41) is 2.85. The number of aryl methyl sites for hydroxylation is 1. The lowest BCUT2D eigenvalue weighted by atomic mass is 10.3. The number of nitrogen functional groups attached to an aromatic ring is 1. The molecule has 0 aliphatic rings. The Kier molecular flexibility index (Phi) is 3.32. The zero-order valence-corrected chi connectivity index (χ0v) is 10.7. The Hall–Kier alpha value is -2.26. The molecule has 9 heteroatoms. The van der Waals surface area contributed by atoms with Crippen LogP contribution >= 0.6 is 0 Å². The van der Waals surface area contributed by atoms with E-state index in [2.05, 4.69) is 20.3 Å². The molecule has 0 atom stereocenters. The van der Waals surface area contributed by atoms with Crippen molar-refractivity contribution in [2.24, 2.45) is 0 Å². The van der Waals surface area contributed by atoms with Gasteiger partial charge in [0.05, 0.1) is 4.90 Å². The quantitative estimate of drug-likeness (QED) is 0.702. The van der Waals surface area contributed by atoms with Crippen LogP contribution in [0.5, 0.6) is 0 Å². The normalized spacial score (nSPS) is 11.3. The van der Waals surface area contributed by atoms with E-state index in [4.69, 9.17) is 10.3 Å². The third kappa shape index (κ3) is 3.36. The van der Waals surface area contributed by atoms with Crippen molar-refractivity contribution in [3.63, 3.8) is 0 Å². The number of rotatable bonds is 3. The number of nitrogens with zero attached hydrogens (tertiary/aromatic N) is 3. The Morgan fingerprint density at radius 3 is 2.32 bits per heavy atom. The number of benzene rings is 1. The van der Waals surface area contributed by atoms with E-state index in [1.54, 1.807) is 6.92 Å². The molecular weight excluding hydrogens is 270 g/mol. The first-order valence-electron chi connectivity index (χ1n) is 5.17. The van der Waals surface area contributed by atoms with E-state index in [-0.39, 0.29) is 16.8 Å². The van der Waals surface area contributed by atoms with Crippen LogP contribution in [0.4, 0.5) is 17.6 Å². The topological polar surface area (TPSA) is 131 Å². The Bertz CT molecular complexity index is 679. The van der Waals surface area contributed by atoms with Crippen molar-refractivity contribution >= 4 is 27.7 Å². The summed E-state index contributed by atoms with van der Waals surface area (Å²) >= 11 is 0. The zero-order chi connectivity index (χ0) is 14.0. The van der Waals surface area contributed by atoms with E-state index in [0.717, 1.165) is 0 Å². The number of hydrogen-bond donors (Lipinski definition) is 3. The molecule has 0 radical (unpaired) electrons. The third-order valence-electron chi connectivity index (χ3n) is 2.17. The minimum Gasteiger partial charge on any atom is -0.368 e. The maximum absolute atomic E-state index is 10.9. The van der Waals surface area contributed by atoms with Crippen LogP contribution in [0.15, 0.2) is 29.2 Å². The molecule has 0 bridgehead atoms. The lowest BCUT2D eigenvalue weighted by Gasteiger charge is -2.06. The van der Waals surface area contributed by atoms with Crippen molar-refractivity contribution in [2.45, 2.75) is 11.8 Å². The molecule has 2 aromatic rings. The summed E-state index contributed by atoms with van der Waals surface area (Å²) in [7, 11) is -4.19. The van der Waals surface area contributed by atoms with E-state index < -0.39 is 10.1 Å². The van der Waals surface area contributed by atoms with E-state index in [9.17, 15) is 8.42 Å². The smallest absolute Gasteiger partial charge is 0.294 e. The molecule has 0 spiro atoms. The Balaban J connectivity index is 2.24. The average molecular weight is 281 g/mol. The van der Waals surface area contributed by atoms with Crippen molar-refractivity contribution in [2.75, 3.05) is 11.1 Å². The molecule has 1 aromatic carbocycles. The highest BCUT2D eigenvalue weighted by atomic mass is 32.2. The molecular formula is C10H11N5O3S. The minimum absolute atomic E-state index is 0.0876. The minimum atomic E-state index is -4.19. The summed E-state index contributed by atoms with van der Waals surface area (Å²) in [5.41, 5.74) is 6.03. The molecule has 1 aromatic heterocycles. The van der Waals surface area contributed by atoms with Crippen molar-refractivity contribution in [1.29, 1.82) is 0 Å². The molecule has 0 aliphatic heterocycles. The van der Waals surface area contributed by atoms with Gasteiger partial charge < -0.3 is 11.1 Å². The van der Waals surface area contributed by atoms with Gasteiger partial charge in [-0.1, -0.05) is 0 Å². The number of nitrogens with one attached hydrogen (secondary N) is 1. The largest absolute Gasteiger partial charge is 0.368 e. The van der Waals surface area contributed by atoms with Gasteiger partial charge in [0, 0.05) is 5.69 Å². The molecule has 0 aliphatic carbocycles. The molecule has 0 amide bonds. The highest BCUT2D eigenvalue weighted by Crippen LogP contribution is 2.16. The molecule has 8 nitrogen and oxygen atoms in total. The molecule has 2 rings (SSSR count). The van der Waals surface area contributed by atoms with Crippen LogP contribution in [-0.4, -0.2) is 27.9 Å². The predicted molar refractivity (Wildman–Crippen MR) is 68.5 cm³/mol. The second-order valence-corrected chi connectivity index (χ2v) is 5.11. The van der Waals surface area contributed by atoms with Gasteiger partial charge in [-0.3, -0.25) is 4.55 Å². The number of aromatic nitrogens is 3. The maximum Gasteiger partial charge on any atom is 0.294 e. The van der Waals surface area contributed by atoms with Gasteiger partial charge in [-0.2, -0.15) is 23.4 Å². The van der Waals surface area contributed by atoms with Crippen LogP contribution in [0.1, 0.15) is 5.82 Å². The first-order valence-corrected chi connectivity index (χ1v) is 6.61. The van der Waals surface area contributed by atoms with Gasteiger partial charge >= 0.3 is 0 Å². The van der Waals surface area contributed by atoms with Gasteiger partial charge in [0.2, 0.25) is 11.9 Å². The third-order valence-corrected chi connectivity index (χ3v) is 3.04.